The Morgan fingerprint density at radius 3 is 2.16 bits per heavy atom. The fourth-order valence-electron chi connectivity index (χ4n) is 1.91. The Morgan fingerprint density at radius 2 is 1.68 bits per heavy atom. The Kier molecular flexibility index (Phi) is 6.33. The van der Waals surface area contributed by atoms with Crippen LogP contribution in [0.3, 0.4) is 0 Å². The average Bonchev–Trinajstić information content (AvgIpc) is 2.35. The molecule has 0 spiro atoms. The first kappa shape index (κ1) is 15.5. The molecule has 0 bridgehead atoms. The molecule has 1 N–H and O–H groups in total. The van der Waals surface area contributed by atoms with Crippen molar-refractivity contribution < 1.29 is 4.79 Å². The van der Waals surface area contributed by atoms with E-state index in [9.17, 15) is 4.79 Å². The first-order chi connectivity index (χ1) is 8.99. The topological polar surface area (TPSA) is 45.2 Å². The van der Waals surface area contributed by atoms with Crippen LogP contribution in [0.15, 0.2) is 24.5 Å². The molecule has 1 heterocycles. The fourth-order valence-corrected chi connectivity index (χ4v) is 1.91. The Bertz CT molecular complexity index is 366. The number of carbonyl (C=O) groups excluding carboxylic acids is 1. The van der Waals surface area contributed by atoms with Crippen LogP contribution >= 0.6 is 0 Å². The second-order valence-corrected chi connectivity index (χ2v) is 5.71. The summed E-state index contributed by atoms with van der Waals surface area (Å²) < 4.78 is 0. The third-order valence-corrected chi connectivity index (χ3v) is 2.65. The lowest BCUT2D eigenvalue weighted by atomic mass is 10.1. The zero-order valence-corrected chi connectivity index (χ0v) is 12.4. The first-order valence-electron chi connectivity index (χ1n) is 6.90. The fraction of sp³-hybridized carbons (Fsp3) is 0.600. The molecule has 0 radical (unpaired) electrons. The summed E-state index contributed by atoms with van der Waals surface area (Å²) in [6.45, 7) is 10.6. The molecule has 1 aromatic heterocycles. The quantitative estimate of drug-likeness (QED) is 0.857. The van der Waals surface area contributed by atoms with Gasteiger partial charge in [-0.2, -0.15) is 0 Å². The summed E-state index contributed by atoms with van der Waals surface area (Å²) in [5.74, 6) is 0.954. The van der Waals surface area contributed by atoms with Crippen molar-refractivity contribution in [2.24, 2.45) is 11.8 Å². The van der Waals surface area contributed by atoms with Gasteiger partial charge in [0.05, 0.1) is 0 Å². The van der Waals surface area contributed by atoms with Crippen molar-refractivity contribution in [3.63, 3.8) is 0 Å². The summed E-state index contributed by atoms with van der Waals surface area (Å²) in [6.07, 6.45) is 3.48. The molecule has 2 amide bonds. The molecule has 0 saturated carbocycles. The summed E-state index contributed by atoms with van der Waals surface area (Å²) in [6, 6.07) is 3.84. The molecule has 0 unspecified atom stereocenters. The number of amides is 2. The lowest BCUT2D eigenvalue weighted by Gasteiger charge is -2.26. The molecule has 0 aliphatic rings. The highest BCUT2D eigenvalue weighted by Crippen LogP contribution is 2.05. The van der Waals surface area contributed by atoms with Gasteiger partial charge in [0.1, 0.15) is 0 Å². The molecule has 19 heavy (non-hydrogen) atoms. The van der Waals surface area contributed by atoms with Crippen LogP contribution in [0.4, 0.5) is 4.79 Å². The van der Waals surface area contributed by atoms with Crippen LogP contribution < -0.4 is 5.32 Å². The molecule has 0 aliphatic carbocycles. The Balaban J connectivity index is 2.51. The number of rotatable bonds is 6. The maximum Gasteiger partial charge on any atom is 0.317 e. The van der Waals surface area contributed by atoms with Crippen molar-refractivity contribution in [3.05, 3.63) is 30.1 Å². The van der Waals surface area contributed by atoms with Gasteiger partial charge in [0.2, 0.25) is 0 Å². The van der Waals surface area contributed by atoms with E-state index in [1.165, 1.54) is 0 Å². The molecule has 0 saturated heterocycles. The van der Waals surface area contributed by atoms with Crippen LogP contribution in [0.2, 0.25) is 0 Å². The van der Waals surface area contributed by atoms with E-state index < -0.39 is 0 Å². The maximum atomic E-state index is 12.2. The third-order valence-electron chi connectivity index (χ3n) is 2.65. The normalized spacial score (nSPS) is 10.8. The van der Waals surface area contributed by atoms with Gasteiger partial charge in [-0.3, -0.25) is 4.98 Å². The standard InChI is InChI=1S/C15H25N3O/c1-12(2)10-18(11-13(3)4)15(19)17-9-14-5-7-16-8-6-14/h5-8,12-13H,9-11H2,1-4H3,(H,17,19). The van der Waals surface area contributed by atoms with E-state index in [-0.39, 0.29) is 6.03 Å². The minimum absolute atomic E-state index is 0.0132. The lowest BCUT2D eigenvalue weighted by Crippen LogP contribution is -2.43. The van der Waals surface area contributed by atoms with E-state index in [1.54, 1.807) is 12.4 Å². The van der Waals surface area contributed by atoms with Gasteiger partial charge >= 0.3 is 6.03 Å². The van der Waals surface area contributed by atoms with Gasteiger partial charge in [-0.15, -0.1) is 0 Å². The number of hydrogen-bond donors (Lipinski definition) is 1. The summed E-state index contributed by atoms with van der Waals surface area (Å²) >= 11 is 0. The molecule has 4 nitrogen and oxygen atoms in total. The van der Waals surface area contributed by atoms with Crippen molar-refractivity contribution in [2.45, 2.75) is 34.2 Å². The summed E-state index contributed by atoms with van der Waals surface area (Å²) in [5, 5.41) is 2.97. The van der Waals surface area contributed by atoms with Gasteiger partial charge in [-0.25, -0.2) is 4.79 Å². The molecule has 0 aliphatic heterocycles. The Labute approximate surface area is 116 Å². The van der Waals surface area contributed by atoms with E-state index in [2.05, 4.69) is 38.0 Å². The van der Waals surface area contributed by atoms with Crippen LogP contribution in [0.5, 0.6) is 0 Å². The molecule has 1 rings (SSSR count). The molecular weight excluding hydrogens is 238 g/mol. The second-order valence-electron chi connectivity index (χ2n) is 5.71. The first-order valence-corrected chi connectivity index (χ1v) is 6.90. The van der Waals surface area contributed by atoms with Gasteiger partial charge in [-0.05, 0) is 29.5 Å². The number of nitrogens with zero attached hydrogens (tertiary/aromatic N) is 2. The number of pyridine rings is 1. The smallest absolute Gasteiger partial charge is 0.317 e. The van der Waals surface area contributed by atoms with Crippen molar-refractivity contribution in [1.82, 2.24) is 15.2 Å². The van der Waals surface area contributed by atoms with Crippen molar-refractivity contribution in [2.75, 3.05) is 13.1 Å². The van der Waals surface area contributed by atoms with Crippen LogP contribution in [0.25, 0.3) is 0 Å². The van der Waals surface area contributed by atoms with Gasteiger partial charge < -0.3 is 10.2 Å². The number of nitrogens with one attached hydrogen (secondary N) is 1. The molecule has 0 aromatic carbocycles. The SMILES string of the molecule is CC(C)CN(CC(C)C)C(=O)NCc1ccncc1. The minimum atomic E-state index is 0.0132. The Morgan fingerprint density at radius 1 is 1.16 bits per heavy atom. The second kappa shape index (κ2) is 7.77. The third kappa shape index (κ3) is 6.22. The van der Waals surface area contributed by atoms with Gasteiger partial charge in [0, 0.05) is 32.0 Å². The number of urea groups is 1. The predicted molar refractivity (Wildman–Crippen MR) is 77.7 cm³/mol. The van der Waals surface area contributed by atoms with Crippen LogP contribution in [-0.2, 0) is 6.54 Å². The van der Waals surface area contributed by atoms with E-state index >= 15 is 0 Å². The van der Waals surface area contributed by atoms with E-state index in [4.69, 9.17) is 0 Å². The number of carbonyl (C=O) groups is 1. The molecule has 0 fully saturated rings. The lowest BCUT2D eigenvalue weighted by molar-refractivity contribution is 0.183. The minimum Gasteiger partial charge on any atom is -0.334 e. The molecule has 0 atom stereocenters. The van der Waals surface area contributed by atoms with E-state index in [0.29, 0.717) is 18.4 Å². The number of aromatic nitrogens is 1. The highest BCUT2D eigenvalue weighted by Gasteiger charge is 2.15. The molecule has 1 aromatic rings. The van der Waals surface area contributed by atoms with Crippen LogP contribution in [0.1, 0.15) is 33.3 Å². The average molecular weight is 263 g/mol. The predicted octanol–water partition coefficient (Wildman–Crippen LogP) is 2.91. The van der Waals surface area contributed by atoms with E-state index in [0.717, 1.165) is 18.7 Å². The molecule has 106 valence electrons. The van der Waals surface area contributed by atoms with E-state index in [1.807, 2.05) is 17.0 Å². The highest BCUT2D eigenvalue weighted by atomic mass is 16.2. The largest absolute Gasteiger partial charge is 0.334 e. The van der Waals surface area contributed by atoms with Gasteiger partial charge in [-0.1, -0.05) is 27.7 Å². The Hall–Kier alpha value is -1.58. The molecular formula is C15H25N3O. The number of hydrogen-bond acceptors (Lipinski definition) is 2. The summed E-state index contributed by atoms with van der Waals surface area (Å²) in [4.78, 5) is 18.0. The molecule has 4 heteroatoms. The maximum absolute atomic E-state index is 12.2. The highest BCUT2D eigenvalue weighted by molar-refractivity contribution is 5.74. The van der Waals surface area contributed by atoms with Crippen LogP contribution in [0, 0.1) is 11.8 Å². The zero-order valence-electron chi connectivity index (χ0n) is 12.4. The van der Waals surface area contributed by atoms with Gasteiger partial charge in [0.25, 0.3) is 0 Å². The van der Waals surface area contributed by atoms with Crippen molar-refractivity contribution >= 4 is 6.03 Å². The van der Waals surface area contributed by atoms with Crippen molar-refractivity contribution in [3.8, 4) is 0 Å². The monoisotopic (exact) mass is 263 g/mol. The van der Waals surface area contributed by atoms with Crippen molar-refractivity contribution in [1.29, 1.82) is 0 Å². The zero-order chi connectivity index (χ0) is 14.3. The summed E-state index contributed by atoms with van der Waals surface area (Å²) in [7, 11) is 0. The summed E-state index contributed by atoms with van der Waals surface area (Å²) in [5.41, 5.74) is 1.07. The van der Waals surface area contributed by atoms with Crippen LogP contribution in [-0.4, -0.2) is 29.0 Å². The van der Waals surface area contributed by atoms with Gasteiger partial charge in [0.15, 0.2) is 0 Å².